The highest BCUT2D eigenvalue weighted by Gasteiger charge is 2.25. The van der Waals surface area contributed by atoms with Crippen LogP contribution in [0.3, 0.4) is 0 Å². The van der Waals surface area contributed by atoms with Gasteiger partial charge in [-0.25, -0.2) is 0 Å². The van der Waals surface area contributed by atoms with Crippen LogP contribution in [0.1, 0.15) is 81.1 Å². The standard InChI is InChI=1S/C23H45N3O3S2/c1-21(2,3)20(29)26(10)16-15-25(9)19(28)12-11-17-30-31-23(7,8)14-13-18(27)24-22(4,5)6/h11-17H2,1-10H3,(H,24,27). The summed E-state index contributed by atoms with van der Waals surface area (Å²) in [6.07, 6.45) is 2.66. The van der Waals surface area contributed by atoms with Crippen molar-refractivity contribution in [1.29, 1.82) is 0 Å². The summed E-state index contributed by atoms with van der Waals surface area (Å²) in [5.41, 5.74) is -0.600. The second kappa shape index (κ2) is 13.0. The highest BCUT2D eigenvalue weighted by molar-refractivity contribution is 8.77. The number of hydrogen-bond acceptors (Lipinski definition) is 5. The summed E-state index contributed by atoms with van der Waals surface area (Å²) in [4.78, 5) is 40.0. The van der Waals surface area contributed by atoms with E-state index in [0.29, 0.717) is 25.9 Å². The normalized spacial score (nSPS) is 12.5. The largest absolute Gasteiger partial charge is 0.352 e. The van der Waals surface area contributed by atoms with Gasteiger partial charge in [-0.2, -0.15) is 0 Å². The predicted octanol–water partition coefficient (Wildman–Crippen LogP) is 4.58. The predicted molar refractivity (Wildman–Crippen MR) is 135 cm³/mol. The van der Waals surface area contributed by atoms with E-state index in [4.69, 9.17) is 0 Å². The molecule has 0 saturated heterocycles. The smallest absolute Gasteiger partial charge is 0.227 e. The lowest BCUT2D eigenvalue weighted by molar-refractivity contribution is -0.139. The maximum atomic E-state index is 12.3. The van der Waals surface area contributed by atoms with Gasteiger partial charge in [-0.1, -0.05) is 42.4 Å². The Morgan fingerprint density at radius 3 is 1.90 bits per heavy atom. The van der Waals surface area contributed by atoms with Crippen LogP contribution in [0.2, 0.25) is 0 Å². The molecule has 0 atom stereocenters. The molecule has 0 unspecified atom stereocenters. The van der Waals surface area contributed by atoms with E-state index in [-0.39, 0.29) is 28.0 Å². The Morgan fingerprint density at radius 1 is 0.839 bits per heavy atom. The Labute approximate surface area is 198 Å². The lowest BCUT2D eigenvalue weighted by Crippen LogP contribution is -2.41. The first-order valence-corrected chi connectivity index (χ1v) is 13.4. The van der Waals surface area contributed by atoms with Crippen LogP contribution in [0.15, 0.2) is 0 Å². The molecule has 3 amide bonds. The van der Waals surface area contributed by atoms with Gasteiger partial charge in [-0.3, -0.25) is 14.4 Å². The van der Waals surface area contributed by atoms with Crippen molar-refractivity contribution in [2.45, 2.75) is 91.4 Å². The Kier molecular flexibility index (Phi) is 12.6. The molecule has 182 valence electrons. The Morgan fingerprint density at radius 2 is 1.39 bits per heavy atom. The van der Waals surface area contributed by atoms with Crippen molar-refractivity contribution in [2.75, 3.05) is 32.9 Å². The summed E-state index contributed by atoms with van der Waals surface area (Å²) in [6.45, 7) is 17.1. The zero-order valence-corrected chi connectivity index (χ0v) is 23.0. The van der Waals surface area contributed by atoms with E-state index in [2.05, 4.69) is 19.2 Å². The molecule has 0 aromatic carbocycles. The number of rotatable bonds is 12. The summed E-state index contributed by atoms with van der Waals surface area (Å²) in [6, 6.07) is 0. The lowest BCUT2D eigenvalue weighted by Gasteiger charge is -2.28. The van der Waals surface area contributed by atoms with Crippen molar-refractivity contribution >= 4 is 39.3 Å². The van der Waals surface area contributed by atoms with E-state index in [0.717, 1.165) is 18.6 Å². The lowest BCUT2D eigenvalue weighted by atomic mass is 9.95. The third-order valence-electron chi connectivity index (χ3n) is 4.56. The van der Waals surface area contributed by atoms with E-state index in [1.165, 1.54) is 0 Å². The molecule has 0 aliphatic heterocycles. The number of carbonyl (C=O) groups is 3. The molecule has 0 aromatic rings. The van der Waals surface area contributed by atoms with Gasteiger partial charge in [0.1, 0.15) is 0 Å². The van der Waals surface area contributed by atoms with Gasteiger partial charge in [0.15, 0.2) is 0 Å². The van der Waals surface area contributed by atoms with Gasteiger partial charge in [-0.05, 0) is 47.5 Å². The van der Waals surface area contributed by atoms with Crippen LogP contribution in [0.4, 0.5) is 0 Å². The molecule has 0 bridgehead atoms. The molecule has 0 spiro atoms. The highest BCUT2D eigenvalue weighted by atomic mass is 33.1. The van der Waals surface area contributed by atoms with Crippen molar-refractivity contribution in [1.82, 2.24) is 15.1 Å². The van der Waals surface area contributed by atoms with Gasteiger partial charge in [-0.15, -0.1) is 0 Å². The van der Waals surface area contributed by atoms with Crippen LogP contribution in [0.25, 0.3) is 0 Å². The van der Waals surface area contributed by atoms with Crippen LogP contribution in [0.5, 0.6) is 0 Å². The molecule has 0 fully saturated rings. The average Bonchev–Trinajstić information content (AvgIpc) is 2.60. The first kappa shape index (κ1) is 30.1. The van der Waals surface area contributed by atoms with Crippen LogP contribution >= 0.6 is 21.6 Å². The molecule has 0 heterocycles. The molecule has 31 heavy (non-hydrogen) atoms. The summed E-state index contributed by atoms with van der Waals surface area (Å²) in [5, 5.41) is 3.00. The van der Waals surface area contributed by atoms with Gasteiger partial charge in [0.25, 0.3) is 0 Å². The number of carbonyl (C=O) groups excluding carboxylic acids is 3. The second-order valence-electron chi connectivity index (χ2n) is 10.9. The Bertz CT molecular complexity index is 596. The van der Waals surface area contributed by atoms with E-state index in [9.17, 15) is 14.4 Å². The topological polar surface area (TPSA) is 69.7 Å². The van der Waals surface area contributed by atoms with Gasteiger partial charge >= 0.3 is 0 Å². The third-order valence-corrected chi connectivity index (χ3v) is 7.99. The Hall–Kier alpha value is -0.890. The van der Waals surface area contributed by atoms with Gasteiger partial charge < -0.3 is 15.1 Å². The number of nitrogens with one attached hydrogen (secondary N) is 1. The highest BCUT2D eigenvalue weighted by Crippen LogP contribution is 2.39. The Balaban J connectivity index is 4.09. The SMILES string of the molecule is CN(CCN(C)C(=O)C(C)(C)C)C(=O)CCCSSC(C)(C)CCC(=O)NC(C)(C)C. The average molecular weight is 476 g/mol. The number of likely N-dealkylation sites (N-methyl/N-ethyl adjacent to an activating group) is 2. The quantitative estimate of drug-likeness (QED) is 0.330. The fraction of sp³-hybridized carbons (Fsp3) is 0.870. The molecule has 8 heteroatoms. The van der Waals surface area contributed by atoms with E-state index in [1.54, 1.807) is 45.5 Å². The summed E-state index contributed by atoms with van der Waals surface area (Å²) >= 11 is 0. The minimum Gasteiger partial charge on any atom is -0.352 e. The van der Waals surface area contributed by atoms with Crippen molar-refractivity contribution in [3.8, 4) is 0 Å². The van der Waals surface area contributed by atoms with Crippen LogP contribution in [0, 0.1) is 5.41 Å². The summed E-state index contributed by atoms with van der Waals surface area (Å²) in [5.74, 6) is 1.18. The molecule has 0 aromatic heterocycles. The van der Waals surface area contributed by atoms with Crippen LogP contribution in [-0.2, 0) is 14.4 Å². The number of hydrogen-bond donors (Lipinski definition) is 1. The molecular formula is C23H45N3O3S2. The second-order valence-corrected chi connectivity index (χ2v) is 14.0. The molecule has 0 saturated carbocycles. The zero-order valence-electron chi connectivity index (χ0n) is 21.4. The fourth-order valence-electron chi connectivity index (χ4n) is 2.71. The zero-order chi connectivity index (χ0) is 24.5. The van der Waals surface area contributed by atoms with Crippen molar-refractivity contribution in [3.63, 3.8) is 0 Å². The van der Waals surface area contributed by atoms with Gasteiger partial charge in [0, 0.05) is 61.5 Å². The van der Waals surface area contributed by atoms with Crippen molar-refractivity contribution in [2.24, 2.45) is 5.41 Å². The van der Waals surface area contributed by atoms with E-state index >= 15 is 0 Å². The van der Waals surface area contributed by atoms with E-state index in [1.807, 2.05) is 41.5 Å². The molecule has 0 radical (unpaired) electrons. The molecule has 0 aliphatic rings. The molecule has 0 rings (SSSR count). The minimum absolute atomic E-state index is 0.00483. The van der Waals surface area contributed by atoms with Gasteiger partial charge in [0.2, 0.25) is 17.7 Å². The van der Waals surface area contributed by atoms with Gasteiger partial charge in [0.05, 0.1) is 0 Å². The summed E-state index contributed by atoms with van der Waals surface area (Å²) < 4.78 is 0.00483. The maximum absolute atomic E-state index is 12.3. The maximum Gasteiger partial charge on any atom is 0.227 e. The van der Waals surface area contributed by atoms with Crippen LogP contribution < -0.4 is 5.32 Å². The summed E-state index contributed by atoms with van der Waals surface area (Å²) in [7, 11) is 7.13. The molecule has 6 nitrogen and oxygen atoms in total. The third kappa shape index (κ3) is 14.7. The van der Waals surface area contributed by atoms with Crippen LogP contribution in [-0.4, -0.2) is 70.7 Å². The molecular weight excluding hydrogens is 430 g/mol. The number of nitrogens with zero attached hydrogens (tertiary/aromatic N) is 2. The van der Waals surface area contributed by atoms with Crippen molar-refractivity contribution < 1.29 is 14.4 Å². The minimum atomic E-state index is -0.406. The first-order chi connectivity index (χ1) is 13.9. The number of amides is 3. The van der Waals surface area contributed by atoms with E-state index < -0.39 is 5.41 Å². The monoisotopic (exact) mass is 475 g/mol. The molecule has 0 aliphatic carbocycles. The molecule has 1 N–H and O–H groups in total. The fourth-order valence-corrected chi connectivity index (χ4v) is 5.37. The first-order valence-electron chi connectivity index (χ1n) is 11.1. The van der Waals surface area contributed by atoms with Crippen molar-refractivity contribution in [3.05, 3.63) is 0 Å².